The molecule has 0 nitrogen and oxygen atoms in total. The van der Waals surface area contributed by atoms with E-state index >= 15 is 0 Å². The van der Waals surface area contributed by atoms with Crippen LogP contribution in [0.15, 0.2) is 198 Å². The lowest BCUT2D eigenvalue weighted by Crippen LogP contribution is -2.40. The fourth-order valence-electron chi connectivity index (χ4n) is 16.2. The van der Waals surface area contributed by atoms with Crippen molar-refractivity contribution in [3.63, 3.8) is 0 Å². The van der Waals surface area contributed by atoms with E-state index in [1.807, 2.05) is 0 Å². The minimum Gasteiger partial charge on any atom is -0.0842 e. The second-order valence-corrected chi connectivity index (χ2v) is 24.3. The zero-order valence-electron chi connectivity index (χ0n) is 43.4. The highest BCUT2D eigenvalue weighted by Gasteiger charge is 2.48. The van der Waals surface area contributed by atoms with E-state index in [1.54, 1.807) is 16.7 Å². The zero-order chi connectivity index (χ0) is 49.1. The molecule has 0 aliphatic heterocycles. The van der Waals surface area contributed by atoms with Crippen molar-refractivity contribution in [2.45, 2.75) is 103 Å². The first-order valence-corrected chi connectivity index (χ1v) is 27.6. The van der Waals surface area contributed by atoms with Gasteiger partial charge in [-0.3, -0.25) is 0 Å². The van der Waals surface area contributed by atoms with Gasteiger partial charge in [0.05, 0.1) is 0 Å². The van der Waals surface area contributed by atoms with Crippen molar-refractivity contribution in [3.8, 4) is 0 Å². The summed E-state index contributed by atoms with van der Waals surface area (Å²) < 4.78 is 0. The van der Waals surface area contributed by atoms with Crippen LogP contribution in [0.1, 0.15) is 131 Å². The summed E-state index contributed by atoms with van der Waals surface area (Å²) in [7, 11) is 0. The van der Waals surface area contributed by atoms with E-state index in [0.29, 0.717) is 17.8 Å². The number of hydrogen-bond acceptors (Lipinski definition) is 0. The van der Waals surface area contributed by atoms with Crippen molar-refractivity contribution in [3.05, 3.63) is 253 Å². The van der Waals surface area contributed by atoms with Crippen LogP contribution in [-0.4, -0.2) is 0 Å². The van der Waals surface area contributed by atoms with Gasteiger partial charge in [0, 0.05) is 22.7 Å². The van der Waals surface area contributed by atoms with E-state index in [9.17, 15) is 0 Å². The van der Waals surface area contributed by atoms with Gasteiger partial charge in [-0.15, -0.1) is 0 Å². The normalized spacial score (nSPS) is 24.2. The maximum Gasteiger partial charge on any atom is 0.0155 e. The van der Waals surface area contributed by atoms with Crippen LogP contribution < -0.4 is 10.4 Å². The lowest BCUT2D eigenvalue weighted by molar-refractivity contribution is 0.418. The predicted molar refractivity (Wildman–Crippen MR) is 310 cm³/mol. The molecule has 3 unspecified atom stereocenters. The van der Waals surface area contributed by atoms with Crippen LogP contribution >= 0.6 is 0 Å². The van der Waals surface area contributed by atoms with Crippen LogP contribution in [0, 0.1) is 17.8 Å². The maximum atomic E-state index is 2.68. The van der Waals surface area contributed by atoms with E-state index in [-0.39, 0.29) is 16.2 Å². The Labute approximate surface area is 432 Å². The Kier molecular flexibility index (Phi) is 9.25. The molecule has 0 amide bonds. The molecule has 0 heteroatoms. The Hall–Kier alpha value is -7.02. The van der Waals surface area contributed by atoms with Gasteiger partial charge in [-0.05, 0) is 206 Å². The van der Waals surface area contributed by atoms with E-state index < -0.39 is 0 Å². The number of allylic oxidation sites excluding steroid dienone is 20. The van der Waals surface area contributed by atoms with Gasteiger partial charge in [0.15, 0.2) is 0 Å². The molecule has 0 spiro atoms. The molecule has 73 heavy (non-hydrogen) atoms. The highest BCUT2D eigenvalue weighted by Crippen LogP contribution is 2.61. The molecule has 0 N–H and O–H groups in total. The molecule has 0 saturated carbocycles. The quantitative estimate of drug-likeness (QED) is 0.155. The molecule has 15 rings (SSSR count). The topological polar surface area (TPSA) is 0 Å². The van der Waals surface area contributed by atoms with Gasteiger partial charge in [0.25, 0.3) is 0 Å². The Morgan fingerprint density at radius 2 is 0.986 bits per heavy atom. The standard InChI is InChI=1S/C73H64/c1-71(2)61-31-19-18-22-47(61)48-35-32-44(38-62(48)71)69-55-27-14-16-29-57(55)70(58-30-17-15-28-56(58)69)46-34-37-50-60-42-65-59(41-66(60)73(5,6)64(50)40-46)49-36-33-45(39-63(49)72(65,3)4)68-53-25-12-10-23-51(53)67(43-20-8-7-9-21-43)52-24-11-13-26-54(52)68/h7-8,10-20,22-31,34,37-39,41-42,51,53,64H,9,21,32-33,35-36,40H2,1-6H3. The van der Waals surface area contributed by atoms with Gasteiger partial charge in [0.2, 0.25) is 0 Å². The third-order valence-corrected chi connectivity index (χ3v) is 19.7. The Balaban J connectivity index is 0.824. The molecule has 0 fully saturated rings. The average molecular weight is 941 g/mol. The third-order valence-electron chi connectivity index (χ3n) is 19.7. The second-order valence-electron chi connectivity index (χ2n) is 24.3. The highest BCUT2D eigenvalue weighted by atomic mass is 14.5. The van der Waals surface area contributed by atoms with Crippen molar-refractivity contribution >= 4 is 60.6 Å². The summed E-state index contributed by atoms with van der Waals surface area (Å²) in [6.45, 7) is 15.0. The van der Waals surface area contributed by atoms with Gasteiger partial charge in [-0.25, -0.2) is 0 Å². The van der Waals surface area contributed by atoms with Crippen LogP contribution in [-0.2, 0) is 16.2 Å². The molecule has 9 aliphatic rings. The molecule has 6 aromatic carbocycles. The minimum atomic E-state index is -0.0975. The lowest BCUT2D eigenvalue weighted by atomic mass is 9.67. The largest absolute Gasteiger partial charge is 0.0842 e. The summed E-state index contributed by atoms with van der Waals surface area (Å²) >= 11 is 0. The monoisotopic (exact) mass is 941 g/mol. The van der Waals surface area contributed by atoms with Gasteiger partial charge >= 0.3 is 0 Å². The third kappa shape index (κ3) is 6.02. The minimum absolute atomic E-state index is 0.0110. The summed E-state index contributed by atoms with van der Waals surface area (Å²) in [6, 6.07) is 42.5. The summed E-state index contributed by atoms with van der Waals surface area (Å²) in [5.41, 5.74) is 28.5. The van der Waals surface area contributed by atoms with Gasteiger partial charge in [-0.2, -0.15) is 0 Å². The summed E-state index contributed by atoms with van der Waals surface area (Å²) in [4.78, 5) is 0. The summed E-state index contributed by atoms with van der Waals surface area (Å²) in [6.07, 6.45) is 34.5. The molecule has 3 atom stereocenters. The van der Waals surface area contributed by atoms with Crippen molar-refractivity contribution in [2.24, 2.45) is 17.8 Å². The Morgan fingerprint density at radius 1 is 0.438 bits per heavy atom. The fraction of sp³-hybridized carbons (Fsp3) is 0.260. The Morgan fingerprint density at radius 3 is 1.64 bits per heavy atom. The molecule has 0 aromatic heterocycles. The summed E-state index contributed by atoms with van der Waals surface area (Å²) in [5, 5.41) is 8.40. The fourth-order valence-corrected chi connectivity index (χ4v) is 16.2. The van der Waals surface area contributed by atoms with Gasteiger partial charge in [0.1, 0.15) is 0 Å². The van der Waals surface area contributed by atoms with Crippen molar-refractivity contribution < 1.29 is 0 Å². The average Bonchev–Trinajstić information content (AvgIpc) is 3.89. The van der Waals surface area contributed by atoms with E-state index in [1.165, 1.54) is 121 Å². The predicted octanol–water partition coefficient (Wildman–Crippen LogP) is 17.1. The van der Waals surface area contributed by atoms with Crippen molar-refractivity contribution in [1.29, 1.82) is 0 Å². The first kappa shape index (κ1) is 43.6. The van der Waals surface area contributed by atoms with Gasteiger partial charge in [-0.1, -0.05) is 205 Å². The molecular weight excluding hydrogens is 877 g/mol. The maximum absolute atomic E-state index is 2.68. The molecule has 6 aromatic rings. The highest BCUT2D eigenvalue weighted by molar-refractivity contribution is 6.17. The van der Waals surface area contributed by atoms with E-state index in [4.69, 9.17) is 0 Å². The van der Waals surface area contributed by atoms with Crippen molar-refractivity contribution in [2.75, 3.05) is 0 Å². The van der Waals surface area contributed by atoms with Crippen LogP contribution in [0.5, 0.6) is 0 Å². The molecule has 356 valence electrons. The smallest absolute Gasteiger partial charge is 0.0155 e. The van der Waals surface area contributed by atoms with E-state index in [0.717, 1.165) is 44.9 Å². The van der Waals surface area contributed by atoms with E-state index in [2.05, 4.69) is 218 Å². The first-order valence-electron chi connectivity index (χ1n) is 27.6. The Bertz CT molecular complexity index is 3950. The molecule has 0 heterocycles. The number of fused-ring (bicyclic) bond motifs is 11. The molecular formula is C73H64. The molecule has 0 radical (unpaired) electrons. The van der Waals surface area contributed by atoms with Crippen molar-refractivity contribution in [1.82, 2.24) is 0 Å². The van der Waals surface area contributed by atoms with Crippen LogP contribution in [0.3, 0.4) is 0 Å². The number of rotatable bonds is 4. The van der Waals surface area contributed by atoms with Crippen LogP contribution in [0.25, 0.3) is 60.6 Å². The summed E-state index contributed by atoms with van der Waals surface area (Å²) in [5.74, 6) is 1.09. The number of hydrogen-bond donors (Lipinski definition) is 0. The molecule has 9 aliphatic carbocycles. The van der Waals surface area contributed by atoms with Crippen LogP contribution in [0.4, 0.5) is 0 Å². The first-order chi connectivity index (χ1) is 35.5. The number of benzene rings is 6. The van der Waals surface area contributed by atoms with Gasteiger partial charge < -0.3 is 0 Å². The molecule has 0 saturated heterocycles. The second kappa shape index (κ2) is 15.5. The lowest BCUT2D eigenvalue weighted by Gasteiger charge is -2.36. The molecule has 0 bridgehead atoms. The SMILES string of the molecule is CC1(C)C2=C(CCC(C3=c4ccccc4=C(C4=CC=CCC4)C4C=CC=CC34)=C2)c2cc3c(cc21)C1=CC=C(c2c4ccccc4c(C4=CC5=C(CC4)c4ccccc4C5(C)C)c4ccccc24)CC1C3(C)C. The zero-order valence-corrected chi connectivity index (χ0v) is 43.4. The van der Waals surface area contributed by atoms with Crippen LogP contribution in [0.2, 0.25) is 0 Å².